The van der Waals surface area contributed by atoms with E-state index in [4.69, 9.17) is 4.52 Å². The number of benzene rings is 1. The Kier molecular flexibility index (Phi) is 5.09. The van der Waals surface area contributed by atoms with Gasteiger partial charge in [0.15, 0.2) is 11.5 Å². The molecule has 2 heterocycles. The van der Waals surface area contributed by atoms with Crippen LogP contribution in [0.2, 0.25) is 0 Å². The SMILES string of the molecule is CC1CCN(C(=O)c2cc(-c3ccc(C4CCCCC4)cc3)on2)CC1. The van der Waals surface area contributed by atoms with Crippen LogP contribution < -0.4 is 0 Å². The summed E-state index contributed by atoms with van der Waals surface area (Å²) in [5.74, 6) is 2.07. The van der Waals surface area contributed by atoms with Gasteiger partial charge in [0.25, 0.3) is 5.91 Å². The molecule has 1 aliphatic heterocycles. The van der Waals surface area contributed by atoms with Gasteiger partial charge in [-0.3, -0.25) is 4.79 Å². The maximum atomic E-state index is 12.6. The van der Waals surface area contributed by atoms with Gasteiger partial charge < -0.3 is 9.42 Å². The number of rotatable bonds is 3. The smallest absolute Gasteiger partial charge is 0.276 e. The van der Waals surface area contributed by atoms with Crippen molar-refractivity contribution in [1.29, 1.82) is 0 Å². The minimum atomic E-state index is -0.00859. The number of likely N-dealkylation sites (tertiary alicyclic amines) is 1. The van der Waals surface area contributed by atoms with Crippen molar-refractivity contribution in [3.8, 4) is 11.3 Å². The summed E-state index contributed by atoms with van der Waals surface area (Å²) in [5, 5.41) is 4.03. The standard InChI is InChI=1S/C22H28N2O2/c1-16-11-13-24(14-12-16)22(25)20-15-21(26-23-20)19-9-7-18(8-10-19)17-5-3-2-4-6-17/h7-10,15-17H,2-6,11-14H2,1H3. The topological polar surface area (TPSA) is 46.3 Å². The Morgan fingerprint density at radius 1 is 1.04 bits per heavy atom. The molecule has 26 heavy (non-hydrogen) atoms. The van der Waals surface area contributed by atoms with Gasteiger partial charge in [0.1, 0.15) is 0 Å². The van der Waals surface area contributed by atoms with Crippen LogP contribution in [0.15, 0.2) is 34.9 Å². The normalized spacial score (nSPS) is 19.7. The first-order valence-corrected chi connectivity index (χ1v) is 10.1. The number of piperidine rings is 1. The lowest BCUT2D eigenvalue weighted by atomic mass is 9.84. The molecule has 4 rings (SSSR count). The van der Waals surface area contributed by atoms with Crippen molar-refractivity contribution in [2.75, 3.05) is 13.1 Å². The summed E-state index contributed by atoms with van der Waals surface area (Å²) in [6.07, 6.45) is 8.80. The Morgan fingerprint density at radius 3 is 2.42 bits per heavy atom. The lowest BCUT2D eigenvalue weighted by molar-refractivity contribution is 0.0687. The lowest BCUT2D eigenvalue weighted by Crippen LogP contribution is -2.38. The average Bonchev–Trinajstić information content (AvgIpc) is 3.19. The summed E-state index contributed by atoms with van der Waals surface area (Å²) in [5.41, 5.74) is 2.83. The minimum Gasteiger partial charge on any atom is -0.355 e. The molecule has 0 unspecified atom stereocenters. The van der Waals surface area contributed by atoms with Gasteiger partial charge in [0.05, 0.1) is 0 Å². The molecule has 2 aromatic rings. The molecule has 1 saturated heterocycles. The molecule has 1 aromatic heterocycles. The highest BCUT2D eigenvalue weighted by atomic mass is 16.5. The molecule has 2 aliphatic rings. The monoisotopic (exact) mass is 352 g/mol. The van der Waals surface area contributed by atoms with Crippen LogP contribution in [-0.2, 0) is 0 Å². The molecule has 138 valence electrons. The number of aromatic nitrogens is 1. The summed E-state index contributed by atoms with van der Waals surface area (Å²) in [6.45, 7) is 3.88. The van der Waals surface area contributed by atoms with Crippen molar-refractivity contribution in [3.63, 3.8) is 0 Å². The zero-order valence-electron chi connectivity index (χ0n) is 15.6. The minimum absolute atomic E-state index is 0.00859. The summed E-state index contributed by atoms with van der Waals surface area (Å²) in [7, 11) is 0. The first-order valence-electron chi connectivity index (χ1n) is 10.1. The van der Waals surface area contributed by atoms with E-state index < -0.39 is 0 Å². The van der Waals surface area contributed by atoms with E-state index >= 15 is 0 Å². The second kappa shape index (κ2) is 7.65. The maximum Gasteiger partial charge on any atom is 0.276 e. The molecule has 2 fully saturated rings. The molecule has 4 heteroatoms. The van der Waals surface area contributed by atoms with Crippen molar-refractivity contribution < 1.29 is 9.32 Å². The third-order valence-corrected chi connectivity index (χ3v) is 6.07. The molecule has 4 nitrogen and oxygen atoms in total. The Hall–Kier alpha value is -2.10. The number of nitrogens with zero attached hydrogens (tertiary/aromatic N) is 2. The first-order chi connectivity index (χ1) is 12.7. The largest absolute Gasteiger partial charge is 0.355 e. The number of carbonyl (C=O) groups is 1. The summed E-state index contributed by atoms with van der Waals surface area (Å²) in [4.78, 5) is 14.5. The van der Waals surface area contributed by atoms with E-state index in [1.807, 2.05) is 4.90 Å². The predicted octanol–water partition coefficient (Wildman–Crippen LogP) is 5.26. The highest BCUT2D eigenvalue weighted by Gasteiger charge is 2.24. The van der Waals surface area contributed by atoms with E-state index in [9.17, 15) is 4.79 Å². The number of carbonyl (C=O) groups excluding carboxylic acids is 1. The molecular weight excluding hydrogens is 324 g/mol. The molecule has 1 aliphatic carbocycles. The Labute approximate surface area is 155 Å². The van der Waals surface area contributed by atoms with E-state index in [-0.39, 0.29) is 5.91 Å². The van der Waals surface area contributed by atoms with Crippen molar-refractivity contribution in [2.24, 2.45) is 5.92 Å². The second-order valence-electron chi connectivity index (χ2n) is 8.01. The lowest BCUT2D eigenvalue weighted by Gasteiger charge is -2.29. The number of hydrogen-bond donors (Lipinski definition) is 0. The predicted molar refractivity (Wildman–Crippen MR) is 102 cm³/mol. The van der Waals surface area contributed by atoms with Gasteiger partial charge in [-0.2, -0.15) is 0 Å². The van der Waals surface area contributed by atoms with Crippen LogP contribution in [0.3, 0.4) is 0 Å². The van der Waals surface area contributed by atoms with Crippen molar-refractivity contribution in [2.45, 2.75) is 57.8 Å². The maximum absolute atomic E-state index is 12.6. The van der Waals surface area contributed by atoms with Gasteiger partial charge in [-0.15, -0.1) is 0 Å². The molecule has 1 aromatic carbocycles. The summed E-state index contributed by atoms with van der Waals surface area (Å²) < 4.78 is 5.47. The Balaban J connectivity index is 1.44. The fourth-order valence-electron chi connectivity index (χ4n) is 4.24. The van der Waals surface area contributed by atoms with Crippen LogP contribution >= 0.6 is 0 Å². The molecule has 0 N–H and O–H groups in total. The summed E-state index contributed by atoms with van der Waals surface area (Å²) >= 11 is 0. The Bertz CT molecular complexity index is 736. The van der Waals surface area contributed by atoms with Crippen molar-refractivity contribution in [1.82, 2.24) is 10.1 Å². The average molecular weight is 352 g/mol. The Morgan fingerprint density at radius 2 is 1.73 bits per heavy atom. The third-order valence-electron chi connectivity index (χ3n) is 6.07. The highest BCUT2D eigenvalue weighted by molar-refractivity contribution is 5.93. The van der Waals surface area contributed by atoms with Crippen LogP contribution in [0.25, 0.3) is 11.3 Å². The van der Waals surface area contributed by atoms with Gasteiger partial charge >= 0.3 is 0 Å². The van der Waals surface area contributed by atoms with Gasteiger partial charge in [0, 0.05) is 24.7 Å². The molecule has 0 spiro atoms. The van der Waals surface area contributed by atoms with E-state index in [0.29, 0.717) is 23.3 Å². The molecule has 0 atom stereocenters. The van der Waals surface area contributed by atoms with Gasteiger partial charge in [-0.25, -0.2) is 0 Å². The van der Waals surface area contributed by atoms with Gasteiger partial charge in [-0.05, 0) is 43.1 Å². The van der Waals surface area contributed by atoms with Crippen LogP contribution in [0.5, 0.6) is 0 Å². The quantitative estimate of drug-likeness (QED) is 0.757. The molecule has 1 saturated carbocycles. The highest BCUT2D eigenvalue weighted by Crippen LogP contribution is 2.33. The van der Waals surface area contributed by atoms with Crippen LogP contribution in [-0.4, -0.2) is 29.1 Å². The van der Waals surface area contributed by atoms with Gasteiger partial charge in [0.2, 0.25) is 0 Å². The van der Waals surface area contributed by atoms with E-state index in [1.165, 1.54) is 37.7 Å². The summed E-state index contributed by atoms with van der Waals surface area (Å²) in [6, 6.07) is 10.4. The van der Waals surface area contributed by atoms with Gasteiger partial charge in [-0.1, -0.05) is 55.6 Å². The molecule has 0 radical (unpaired) electrons. The van der Waals surface area contributed by atoms with Crippen LogP contribution in [0.4, 0.5) is 0 Å². The zero-order chi connectivity index (χ0) is 17.9. The number of hydrogen-bond acceptors (Lipinski definition) is 3. The third kappa shape index (κ3) is 3.69. The molecular formula is C22H28N2O2. The van der Waals surface area contributed by atoms with Crippen LogP contribution in [0, 0.1) is 5.92 Å². The second-order valence-corrected chi connectivity index (χ2v) is 8.01. The van der Waals surface area contributed by atoms with Crippen molar-refractivity contribution >= 4 is 5.91 Å². The zero-order valence-corrected chi connectivity index (χ0v) is 15.6. The van der Waals surface area contributed by atoms with E-state index in [0.717, 1.165) is 31.5 Å². The molecule has 0 bridgehead atoms. The number of amides is 1. The molecule has 1 amide bonds. The van der Waals surface area contributed by atoms with Crippen molar-refractivity contribution in [3.05, 3.63) is 41.6 Å². The fraction of sp³-hybridized carbons (Fsp3) is 0.545. The fourth-order valence-corrected chi connectivity index (χ4v) is 4.24. The first kappa shape index (κ1) is 17.3. The van der Waals surface area contributed by atoms with E-state index in [2.05, 4.69) is 36.3 Å². The van der Waals surface area contributed by atoms with Crippen LogP contribution in [0.1, 0.15) is 73.8 Å². The van der Waals surface area contributed by atoms with E-state index in [1.54, 1.807) is 6.07 Å².